The maximum atomic E-state index is 15.6. The molecule has 8 aromatic carbocycles. The van der Waals surface area contributed by atoms with E-state index < -0.39 is 34.6 Å². The van der Waals surface area contributed by atoms with Crippen LogP contribution in [0.15, 0.2) is 158 Å². The Kier molecular flexibility index (Phi) is 6.86. The summed E-state index contributed by atoms with van der Waals surface area (Å²) in [5, 5.41) is 5.19. The molecule has 0 saturated carbocycles. The summed E-state index contributed by atoms with van der Waals surface area (Å²) in [4.78, 5) is 0. The average molecular weight is 740 g/mol. The van der Waals surface area contributed by atoms with Crippen molar-refractivity contribution in [2.24, 2.45) is 0 Å². The molecule has 0 aliphatic carbocycles. The molecular weight excluding hydrogens is 714 g/mol. The van der Waals surface area contributed by atoms with E-state index in [1.807, 2.05) is 103 Å². The Morgan fingerprint density at radius 3 is 1.07 bits per heavy atom. The van der Waals surface area contributed by atoms with Crippen molar-refractivity contribution in [3.63, 3.8) is 0 Å². The van der Waals surface area contributed by atoms with E-state index in [1.54, 1.807) is 12.1 Å². The van der Waals surface area contributed by atoms with Gasteiger partial charge in [-0.2, -0.15) is 0 Å². The first kappa shape index (κ1) is 32.3. The summed E-state index contributed by atoms with van der Waals surface area (Å²) in [5.74, 6) is -9.95. The van der Waals surface area contributed by atoms with Crippen molar-refractivity contribution in [2.75, 3.05) is 0 Å². The van der Waals surface area contributed by atoms with Gasteiger partial charge in [-0.15, -0.1) is 0 Å². The summed E-state index contributed by atoms with van der Waals surface area (Å²) in [6, 6.07) is 51.1. The Morgan fingerprint density at radius 2 is 0.643 bits per heavy atom. The summed E-state index contributed by atoms with van der Waals surface area (Å²) >= 11 is 0. The van der Waals surface area contributed by atoms with Crippen molar-refractivity contribution < 1.29 is 22.0 Å². The molecule has 3 aromatic heterocycles. The first-order chi connectivity index (χ1) is 27.4. The minimum atomic E-state index is -2.20. The summed E-state index contributed by atoms with van der Waals surface area (Å²) in [6.45, 7) is 0. The molecule has 0 atom stereocenters. The number of nitrogens with zero attached hydrogens (tertiary/aromatic N) is 3. The highest BCUT2D eigenvalue weighted by molar-refractivity contribution is 6.40. The maximum absolute atomic E-state index is 15.6. The molecule has 56 heavy (non-hydrogen) atoms. The van der Waals surface area contributed by atoms with Gasteiger partial charge in [0.2, 0.25) is 5.82 Å². The Balaban J connectivity index is 1.49. The van der Waals surface area contributed by atoms with Crippen molar-refractivity contribution >= 4 is 65.4 Å². The zero-order valence-corrected chi connectivity index (χ0v) is 29.2. The molecule has 0 aliphatic heterocycles. The lowest BCUT2D eigenvalue weighted by molar-refractivity contribution is 0.381. The first-order valence-corrected chi connectivity index (χ1v) is 18.1. The molecular formula is C48H26F5N3. The van der Waals surface area contributed by atoms with Gasteiger partial charge in [0.15, 0.2) is 23.3 Å². The number of rotatable bonds is 4. The Morgan fingerprint density at radius 1 is 0.304 bits per heavy atom. The van der Waals surface area contributed by atoms with Crippen molar-refractivity contribution in [1.82, 2.24) is 13.7 Å². The van der Waals surface area contributed by atoms with Crippen LogP contribution in [-0.2, 0) is 0 Å². The van der Waals surface area contributed by atoms with Gasteiger partial charge in [0, 0.05) is 49.4 Å². The van der Waals surface area contributed by atoms with Crippen molar-refractivity contribution in [1.29, 1.82) is 0 Å². The normalized spacial score (nSPS) is 12.0. The third-order valence-electron chi connectivity index (χ3n) is 11.0. The molecule has 3 nitrogen and oxygen atoms in total. The molecule has 0 saturated heterocycles. The smallest absolute Gasteiger partial charge is 0.200 e. The van der Waals surface area contributed by atoms with E-state index in [4.69, 9.17) is 0 Å². The van der Waals surface area contributed by atoms with Crippen LogP contribution in [0, 0.1) is 29.1 Å². The van der Waals surface area contributed by atoms with Crippen LogP contribution < -0.4 is 0 Å². The van der Waals surface area contributed by atoms with Gasteiger partial charge < -0.3 is 13.7 Å². The zero-order chi connectivity index (χ0) is 37.8. The summed E-state index contributed by atoms with van der Waals surface area (Å²) in [7, 11) is 0. The quantitative estimate of drug-likeness (QED) is 0.0970. The number of hydrogen-bond donors (Lipinski definition) is 0. The highest BCUT2D eigenvalue weighted by Crippen LogP contribution is 2.50. The zero-order valence-electron chi connectivity index (χ0n) is 29.2. The SMILES string of the molecule is Fc1c(F)c(F)c(-c2ccc3c(c2)c2c4c(c5ccccc5n4-c4ccccc4)c4c(c5ccccc5n4-c4ccccc4)c2n3-c2ccccc2)c(F)c1F. The van der Waals surface area contributed by atoms with Crippen LogP contribution in [0.5, 0.6) is 0 Å². The number of fused-ring (bicyclic) bond motifs is 12. The standard InChI is InChI=1S/C48H26F5N3/c49-41-37(42(50)44(52)45(53)43(41)51)27-24-25-36-33(26-27)40-47-38(32-21-11-13-23-35(32)55(47)29-16-6-2-7-17-29)46-39(48(40)56(36)30-18-8-3-9-19-30)31-20-10-12-22-34(31)54(46)28-14-4-1-5-15-28/h1-26H. The number of para-hydroxylation sites is 5. The number of hydrogen-bond acceptors (Lipinski definition) is 0. The minimum Gasteiger partial charge on any atom is -0.308 e. The van der Waals surface area contributed by atoms with Gasteiger partial charge in [-0.1, -0.05) is 97.1 Å². The predicted octanol–water partition coefficient (Wildman–Crippen LogP) is 13.3. The molecule has 8 heteroatoms. The highest BCUT2D eigenvalue weighted by Gasteiger charge is 2.31. The monoisotopic (exact) mass is 739 g/mol. The topological polar surface area (TPSA) is 14.8 Å². The lowest BCUT2D eigenvalue weighted by atomic mass is 9.98. The van der Waals surface area contributed by atoms with Crippen LogP contribution in [0.2, 0.25) is 0 Å². The predicted molar refractivity (Wildman–Crippen MR) is 215 cm³/mol. The van der Waals surface area contributed by atoms with Crippen LogP contribution in [0.1, 0.15) is 0 Å². The highest BCUT2D eigenvalue weighted by atomic mass is 19.2. The van der Waals surface area contributed by atoms with E-state index in [9.17, 15) is 13.2 Å². The number of halogens is 5. The third-order valence-corrected chi connectivity index (χ3v) is 11.0. The fourth-order valence-electron chi connectivity index (χ4n) is 8.75. The fourth-order valence-corrected chi connectivity index (χ4v) is 8.75. The van der Waals surface area contributed by atoms with Crippen molar-refractivity contribution in [2.45, 2.75) is 0 Å². The van der Waals surface area contributed by atoms with Crippen LogP contribution in [0.4, 0.5) is 22.0 Å². The van der Waals surface area contributed by atoms with Gasteiger partial charge in [-0.25, -0.2) is 22.0 Å². The second kappa shape index (κ2) is 11.9. The molecule has 11 rings (SSSR count). The second-order valence-electron chi connectivity index (χ2n) is 13.9. The largest absolute Gasteiger partial charge is 0.308 e. The molecule has 0 radical (unpaired) electrons. The molecule has 0 amide bonds. The van der Waals surface area contributed by atoms with Crippen LogP contribution in [0.25, 0.3) is 93.6 Å². The van der Waals surface area contributed by atoms with Gasteiger partial charge in [0.25, 0.3) is 0 Å². The van der Waals surface area contributed by atoms with Gasteiger partial charge in [-0.3, -0.25) is 0 Å². The lowest BCUT2D eigenvalue weighted by Crippen LogP contribution is -2.04. The molecule has 0 spiro atoms. The summed E-state index contributed by atoms with van der Waals surface area (Å²) in [5.41, 5.74) is 6.78. The fraction of sp³-hybridized carbons (Fsp3) is 0. The molecule has 0 aliphatic rings. The first-order valence-electron chi connectivity index (χ1n) is 18.1. The van der Waals surface area contributed by atoms with E-state index in [0.717, 1.165) is 71.6 Å². The third kappa shape index (κ3) is 4.26. The average Bonchev–Trinajstić information content (AvgIpc) is 3.89. The van der Waals surface area contributed by atoms with E-state index >= 15 is 8.78 Å². The number of benzene rings is 8. The second-order valence-corrected chi connectivity index (χ2v) is 13.9. The molecule has 0 unspecified atom stereocenters. The van der Waals surface area contributed by atoms with E-state index in [-0.39, 0.29) is 5.56 Å². The lowest BCUT2D eigenvalue weighted by Gasteiger charge is -2.13. The van der Waals surface area contributed by atoms with Crippen LogP contribution in [-0.4, -0.2) is 13.7 Å². The molecule has 268 valence electrons. The van der Waals surface area contributed by atoms with E-state index in [1.165, 1.54) is 6.07 Å². The maximum Gasteiger partial charge on any atom is 0.200 e. The van der Waals surface area contributed by atoms with Crippen molar-refractivity contribution in [3.8, 4) is 28.2 Å². The Labute approximate surface area is 315 Å². The van der Waals surface area contributed by atoms with E-state index in [2.05, 4.69) is 50.1 Å². The van der Waals surface area contributed by atoms with Gasteiger partial charge in [0.05, 0.1) is 38.7 Å². The van der Waals surface area contributed by atoms with Gasteiger partial charge >= 0.3 is 0 Å². The van der Waals surface area contributed by atoms with E-state index in [0.29, 0.717) is 10.9 Å². The van der Waals surface area contributed by atoms with Crippen molar-refractivity contribution in [3.05, 3.63) is 187 Å². The summed E-state index contributed by atoms with van der Waals surface area (Å²) < 4.78 is 81.6. The Hall–Kier alpha value is -7.19. The molecule has 3 heterocycles. The Bertz CT molecular complexity index is 3330. The van der Waals surface area contributed by atoms with Crippen LogP contribution in [0.3, 0.4) is 0 Å². The van der Waals surface area contributed by atoms with Gasteiger partial charge in [-0.05, 0) is 66.2 Å². The number of aromatic nitrogens is 3. The minimum absolute atomic E-state index is 0.139. The summed E-state index contributed by atoms with van der Waals surface area (Å²) in [6.07, 6.45) is 0. The van der Waals surface area contributed by atoms with Crippen LogP contribution >= 0.6 is 0 Å². The molecule has 0 fully saturated rings. The molecule has 11 aromatic rings. The molecule has 0 bridgehead atoms. The molecule has 0 N–H and O–H groups in total. The van der Waals surface area contributed by atoms with Gasteiger partial charge in [0.1, 0.15) is 0 Å².